The third-order valence-corrected chi connectivity index (χ3v) is 5.93. The lowest BCUT2D eigenvalue weighted by atomic mass is 9.96. The average molecular weight is 412 g/mol. The van der Waals surface area contributed by atoms with E-state index in [1.54, 1.807) is 11.7 Å². The number of amides is 1. The number of halogens is 2. The smallest absolute Gasteiger partial charge is 0.270 e. The zero-order valence-corrected chi connectivity index (χ0v) is 17.1. The monoisotopic (exact) mass is 412 g/mol. The topological polar surface area (TPSA) is 50.2 Å². The molecule has 0 unspecified atom stereocenters. The van der Waals surface area contributed by atoms with Crippen LogP contribution in [0.15, 0.2) is 42.5 Å². The molecule has 0 radical (unpaired) electrons. The Bertz CT molecular complexity index is 1040. The predicted octanol–water partition coefficient (Wildman–Crippen LogP) is 3.54. The van der Waals surface area contributed by atoms with Crippen LogP contribution in [0.25, 0.3) is 10.9 Å². The molecule has 7 heteroatoms. The van der Waals surface area contributed by atoms with E-state index in [0.29, 0.717) is 30.1 Å². The average Bonchev–Trinajstić information content (AvgIpc) is 3.08. The van der Waals surface area contributed by atoms with E-state index < -0.39 is 11.6 Å². The molecule has 0 aliphatic carbocycles. The summed E-state index contributed by atoms with van der Waals surface area (Å²) in [4.78, 5) is 15.0. The van der Waals surface area contributed by atoms with Crippen LogP contribution < -0.4 is 5.32 Å². The lowest BCUT2D eigenvalue weighted by molar-refractivity contribution is 0.0928. The highest BCUT2D eigenvalue weighted by Crippen LogP contribution is 2.20. The summed E-state index contributed by atoms with van der Waals surface area (Å²) < 4.78 is 28.4. The molecule has 1 aliphatic rings. The molecular weight excluding hydrogens is 386 g/mol. The molecule has 1 aliphatic heterocycles. The molecule has 1 aromatic heterocycles. The molecule has 0 atom stereocenters. The standard InChI is InChI=1S/C23H26F2N4O/c1-28-22(19-4-2-3-5-21(19)27-28)23(30)26-15-16-8-11-29(12-9-16)13-10-17-6-7-18(24)14-20(17)25/h2-7,14,16H,8-13,15H2,1H3,(H,26,30). The summed E-state index contributed by atoms with van der Waals surface area (Å²) in [6.45, 7) is 3.22. The van der Waals surface area contributed by atoms with Crippen molar-refractivity contribution in [2.45, 2.75) is 19.3 Å². The van der Waals surface area contributed by atoms with Gasteiger partial charge in [0.1, 0.15) is 17.3 Å². The van der Waals surface area contributed by atoms with E-state index >= 15 is 0 Å². The number of nitrogens with one attached hydrogen (secondary N) is 1. The molecule has 2 aromatic carbocycles. The van der Waals surface area contributed by atoms with E-state index in [2.05, 4.69) is 15.3 Å². The van der Waals surface area contributed by atoms with E-state index in [1.807, 2.05) is 24.3 Å². The Labute approximate surface area is 174 Å². The summed E-state index contributed by atoms with van der Waals surface area (Å²) in [5, 5.41) is 8.33. The SMILES string of the molecule is Cn1nc2ccccc2c1C(=O)NCC1CCN(CCc2ccc(F)cc2F)CC1. The van der Waals surface area contributed by atoms with Crippen LogP contribution in [0.5, 0.6) is 0 Å². The van der Waals surface area contributed by atoms with Crippen LogP contribution >= 0.6 is 0 Å². The summed E-state index contributed by atoms with van der Waals surface area (Å²) in [6.07, 6.45) is 2.54. The van der Waals surface area contributed by atoms with Gasteiger partial charge in [-0.3, -0.25) is 9.48 Å². The molecule has 0 bridgehead atoms. The largest absolute Gasteiger partial charge is 0.350 e. The second-order valence-corrected chi connectivity index (χ2v) is 7.97. The summed E-state index contributed by atoms with van der Waals surface area (Å²) >= 11 is 0. The molecule has 1 N–H and O–H groups in total. The summed E-state index contributed by atoms with van der Waals surface area (Å²) in [6, 6.07) is 11.4. The second kappa shape index (κ2) is 8.92. The fourth-order valence-electron chi connectivity index (χ4n) is 4.15. The summed E-state index contributed by atoms with van der Waals surface area (Å²) in [5.41, 5.74) is 1.95. The fourth-order valence-corrected chi connectivity index (χ4v) is 4.15. The van der Waals surface area contributed by atoms with Crippen LogP contribution in [-0.2, 0) is 13.5 Å². The first-order valence-corrected chi connectivity index (χ1v) is 10.4. The predicted molar refractivity (Wildman–Crippen MR) is 112 cm³/mol. The Balaban J connectivity index is 1.25. The van der Waals surface area contributed by atoms with E-state index in [1.165, 1.54) is 12.1 Å². The second-order valence-electron chi connectivity index (χ2n) is 7.97. The van der Waals surface area contributed by atoms with Gasteiger partial charge < -0.3 is 10.2 Å². The fraction of sp³-hybridized carbons (Fsp3) is 0.391. The van der Waals surface area contributed by atoms with E-state index in [9.17, 15) is 13.6 Å². The van der Waals surface area contributed by atoms with Gasteiger partial charge in [0.25, 0.3) is 5.91 Å². The van der Waals surface area contributed by atoms with Gasteiger partial charge in [-0.15, -0.1) is 0 Å². The Morgan fingerprint density at radius 1 is 1.17 bits per heavy atom. The van der Waals surface area contributed by atoms with Gasteiger partial charge >= 0.3 is 0 Å². The first-order valence-electron chi connectivity index (χ1n) is 10.4. The number of carbonyl (C=O) groups is 1. The molecule has 158 valence electrons. The molecule has 30 heavy (non-hydrogen) atoms. The molecule has 0 saturated carbocycles. The molecule has 0 spiro atoms. The lowest BCUT2D eigenvalue weighted by Crippen LogP contribution is -2.39. The number of rotatable bonds is 6. The minimum atomic E-state index is -0.543. The number of piperidine rings is 1. The van der Waals surface area contributed by atoms with Crippen LogP contribution in [0.3, 0.4) is 0 Å². The molecule has 3 aromatic rings. The minimum Gasteiger partial charge on any atom is -0.350 e. The third kappa shape index (κ3) is 4.51. The summed E-state index contributed by atoms with van der Waals surface area (Å²) in [7, 11) is 1.79. The normalized spacial score (nSPS) is 15.6. The Hall–Kier alpha value is -2.80. The molecule has 2 heterocycles. The van der Waals surface area contributed by atoms with Crippen molar-refractivity contribution >= 4 is 16.8 Å². The first-order chi connectivity index (χ1) is 14.5. The molecule has 1 fully saturated rings. The number of benzene rings is 2. The van der Waals surface area contributed by atoms with Crippen molar-refractivity contribution in [3.8, 4) is 0 Å². The van der Waals surface area contributed by atoms with Gasteiger partial charge in [0.15, 0.2) is 0 Å². The first kappa shape index (κ1) is 20.5. The molecule has 1 saturated heterocycles. The number of hydrogen-bond donors (Lipinski definition) is 1. The van der Waals surface area contributed by atoms with Crippen LogP contribution in [0, 0.1) is 17.6 Å². The third-order valence-electron chi connectivity index (χ3n) is 5.93. The Morgan fingerprint density at radius 3 is 2.70 bits per heavy atom. The summed E-state index contributed by atoms with van der Waals surface area (Å²) in [5.74, 6) is -0.693. The maximum atomic E-state index is 13.8. The zero-order valence-electron chi connectivity index (χ0n) is 17.1. The molecule has 5 nitrogen and oxygen atoms in total. The van der Waals surface area contributed by atoms with Crippen LogP contribution in [-0.4, -0.2) is 46.8 Å². The van der Waals surface area contributed by atoms with Crippen molar-refractivity contribution in [1.29, 1.82) is 0 Å². The van der Waals surface area contributed by atoms with Gasteiger partial charge in [0.2, 0.25) is 0 Å². The van der Waals surface area contributed by atoms with E-state index in [-0.39, 0.29) is 5.91 Å². The van der Waals surface area contributed by atoms with Gasteiger partial charge in [-0.25, -0.2) is 8.78 Å². The molecule has 4 rings (SSSR count). The van der Waals surface area contributed by atoms with E-state index in [0.717, 1.165) is 49.4 Å². The number of aromatic nitrogens is 2. The minimum absolute atomic E-state index is 0.0968. The number of likely N-dealkylation sites (tertiary alicyclic amines) is 1. The van der Waals surface area contributed by atoms with Crippen LogP contribution in [0.4, 0.5) is 8.78 Å². The number of hydrogen-bond acceptors (Lipinski definition) is 3. The van der Waals surface area contributed by atoms with Crippen molar-refractivity contribution in [2.24, 2.45) is 13.0 Å². The maximum Gasteiger partial charge on any atom is 0.270 e. The maximum absolute atomic E-state index is 13.8. The number of aryl methyl sites for hydroxylation is 1. The van der Waals surface area contributed by atoms with Gasteiger partial charge in [-0.2, -0.15) is 5.10 Å². The van der Waals surface area contributed by atoms with Gasteiger partial charge in [-0.05, 0) is 56.0 Å². The molecular formula is C23H26F2N4O. The van der Waals surface area contributed by atoms with Gasteiger partial charge in [0.05, 0.1) is 5.52 Å². The number of fused-ring (bicyclic) bond motifs is 1. The lowest BCUT2D eigenvalue weighted by Gasteiger charge is -2.32. The van der Waals surface area contributed by atoms with Gasteiger partial charge in [0, 0.05) is 31.6 Å². The van der Waals surface area contributed by atoms with Crippen molar-refractivity contribution in [2.75, 3.05) is 26.2 Å². The Morgan fingerprint density at radius 2 is 1.93 bits per heavy atom. The molecule has 1 amide bonds. The highest BCUT2D eigenvalue weighted by molar-refractivity contribution is 6.04. The highest BCUT2D eigenvalue weighted by Gasteiger charge is 2.22. The van der Waals surface area contributed by atoms with Crippen molar-refractivity contribution < 1.29 is 13.6 Å². The number of nitrogens with zero attached hydrogens (tertiary/aromatic N) is 3. The van der Waals surface area contributed by atoms with Crippen molar-refractivity contribution in [1.82, 2.24) is 20.0 Å². The van der Waals surface area contributed by atoms with Crippen LogP contribution in [0.1, 0.15) is 28.9 Å². The van der Waals surface area contributed by atoms with Crippen LogP contribution in [0.2, 0.25) is 0 Å². The van der Waals surface area contributed by atoms with Crippen molar-refractivity contribution in [3.05, 3.63) is 65.4 Å². The zero-order chi connectivity index (χ0) is 21.1. The van der Waals surface area contributed by atoms with E-state index in [4.69, 9.17) is 0 Å². The highest BCUT2D eigenvalue weighted by atomic mass is 19.1. The van der Waals surface area contributed by atoms with Crippen molar-refractivity contribution in [3.63, 3.8) is 0 Å². The van der Waals surface area contributed by atoms with Gasteiger partial charge in [-0.1, -0.05) is 24.3 Å². The number of carbonyl (C=O) groups excluding carboxylic acids is 1. The Kier molecular flexibility index (Phi) is 6.08. The quantitative estimate of drug-likeness (QED) is 0.674.